The summed E-state index contributed by atoms with van der Waals surface area (Å²) in [6, 6.07) is 11.8. The second-order valence-electron chi connectivity index (χ2n) is 5.65. The Morgan fingerprint density at radius 2 is 2.05 bits per heavy atom. The van der Waals surface area contributed by atoms with Crippen LogP contribution in [0.2, 0.25) is 0 Å². The molecule has 1 aliphatic heterocycles. The maximum absolute atomic E-state index is 12.5. The number of ether oxygens (including phenoxy) is 1. The van der Waals surface area contributed by atoms with Gasteiger partial charge in [0.2, 0.25) is 0 Å². The molecular weight excluding hydrogens is 296 g/mol. The lowest BCUT2D eigenvalue weighted by Gasteiger charge is -2.36. The number of nitrogens with two attached hydrogens (primary N) is 1. The van der Waals surface area contributed by atoms with Gasteiger partial charge in [-0.1, -0.05) is 18.2 Å². The van der Waals surface area contributed by atoms with Crippen LogP contribution in [0.4, 0.5) is 0 Å². The van der Waals surface area contributed by atoms with E-state index in [2.05, 4.69) is 12.1 Å². The Morgan fingerprint density at radius 3 is 2.68 bits per heavy atom. The summed E-state index contributed by atoms with van der Waals surface area (Å²) in [5.74, 6) is 1.21. The van der Waals surface area contributed by atoms with Crippen LogP contribution in [0.1, 0.15) is 27.6 Å². The lowest BCUT2D eigenvalue weighted by molar-refractivity contribution is 0.0694. The molecule has 1 saturated heterocycles. The number of carbonyl (C=O) groups is 1. The van der Waals surface area contributed by atoms with E-state index < -0.39 is 0 Å². The van der Waals surface area contributed by atoms with Crippen molar-refractivity contribution in [3.05, 3.63) is 52.2 Å². The fourth-order valence-electron chi connectivity index (χ4n) is 2.98. The van der Waals surface area contributed by atoms with Crippen LogP contribution in [-0.4, -0.2) is 37.0 Å². The Bertz CT molecular complexity index is 625. The van der Waals surface area contributed by atoms with Crippen molar-refractivity contribution in [1.82, 2.24) is 4.90 Å². The number of piperidine rings is 1. The van der Waals surface area contributed by atoms with Gasteiger partial charge in [0, 0.05) is 25.0 Å². The van der Waals surface area contributed by atoms with Gasteiger partial charge < -0.3 is 15.4 Å². The van der Waals surface area contributed by atoms with Gasteiger partial charge in [-0.3, -0.25) is 4.79 Å². The highest BCUT2D eigenvalue weighted by Gasteiger charge is 2.29. The molecule has 3 rings (SSSR count). The molecule has 0 spiro atoms. The van der Waals surface area contributed by atoms with Crippen LogP contribution < -0.4 is 10.5 Å². The fourth-order valence-corrected chi connectivity index (χ4v) is 3.67. The Balaban J connectivity index is 1.76. The summed E-state index contributed by atoms with van der Waals surface area (Å²) in [6.45, 7) is 1.35. The third kappa shape index (κ3) is 3.15. The highest BCUT2D eigenvalue weighted by Crippen LogP contribution is 2.29. The molecule has 0 aliphatic carbocycles. The van der Waals surface area contributed by atoms with Crippen molar-refractivity contribution in [2.75, 3.05) is 20.2 Å². The van der Waals surface area contributed by atoms with Crippen LogP contribution in [0, 0.1) is 0 Å². The third-order valence-corrected chi connectivity index (χ3v) is 4.95. The van der Waals surface area contributed by atoms with Gasteiger partial charge in [-0.25, -0.2) is 0 Å². The minimum Gasteiger partial charge on any atom is -0.497 e. The summed E-state index contributed by atoms with van der Waals surface area (Å²) in [7, 11) is 1.66. The summed E-state index contributed by atoms with van der Waals surface area (Å²) in [5.41, 5.74) is 7.39. The fraction of sp³-hybridized carbons (Fsp3) is 0.353. The van der Waals surface area contributed by atoms with Crippen LogP contribution >= 0.6 is 11.3 Å². The third-order valence-electron chi connectivity index (χ3n) is 4.09. The smallest absolute Gasteiger partial charge is 0.263 e. The van der Waals surface area contributed by atoms with Crippen molar-refractivity contribution >= 4 is 17.2 Å². The molecule has 116 valence electrons. The van der Waals surface area contributed by atoms with Crippen LogP contribution in [0.15, 0.2) is 41.8 Å². The summed E-state index contributed by atoms with van der Waals surface area (Å²) in [5, 5.41) is 1.93. The first kappa shape index (κ1) is 15.1. The molecule has 2 N–H and O–H groups in total. The maximum Gasteiger partial charge on any atom is 0.263 e. The van der Waals surface area contributed by atoms with E-state index in [0.717, 1.165) is 23.6 Å². The van der Waals surface area contributed by atoms with Crippen LogP contribution in [0.5, 0.6) is 5.75 Å². The Hall–Kier alpha value is -1.85. The molecule has 2 aromatic rings. The zero-order chi connectivity index (χ0) is 15.5. The number of hydrogen-bond acceptors (Lipinski definition) is 4. The molecule has 4 nitrogen and oxygen atoms in total. The number of carbonyl (C=O) groups excluding carboxylic acids is 1. The molecular formula is C17H20N2O2S. The second kappa shape index (κ2) is 6.50. The van der Waals surface area contributed by atoms with Crippen molar-refractivity contribution < 1.29 is 9.53 Å². The second-order valence-corrected chi connectivity index (χ2v) is 6.60. The highest BCUT2D eigenvalue weighted by atomic mass is 32.1. The molecule has 0 bridgehead atoms. The predicted octanol–water partition coefficient (Wildman–Crippen LogP) is 2.71. The molecule has 1 aliphatic rings. The maximum atomic E-state index is 12.5. The number of likely N-dealkylation sites (tertiary alicyclic amines) is 1. The lowest BCUT2D eigenvalue weighted by Crippen LogP contribution is -2.48. The zero-order valence-electron chi connectivity index (χ0n) is 12.6. The Labute approximate surface area is 134 Å². The van der Waals surface area contributed by atoms with E-state index >= 15 is 0 Å². The monoisotopic (exact) mass is 316 g/mol. The minimum atomic E-state index is 0.0183. The molecule has 1 aromatic carbocycles. The zero-order valence-corrected chi connectivity index (χ0v) is 13.4. The van der Waals surface area contributed by atoms with Gasteiger partial charge in [0.25, 0.3) is 5.91 Å². The van der Waals surface area contributed by atoms with Gasteiger partial charge in [-0.05, 0) is 35.6 Å². The number of methoxy groups -OCH3 is 1. The Kier molecular flexibility index (Phi) is 4.45. The lowest BCUT2D eigenvalue weighted by atomic mass is 9.88. The standard InChI is InChI=1S/C17H20N2O2S/c1-21-15-6-4-12(5-7-15)13-9-14(18)11-19(10-13)17(20)16-3-2-8-22-16/h2-8,13-14H,9-11,18H2,1H3. The average molecular weight is 316 g/mol. The average Bonchev–Trinajstić information content (AvgIpc) is 3.08. The minimum absolute atomic E-state index is 0.0183. The van der Waals surface area contributed by atoms with E-state index in [1.165, 1.54) is 16.9 Å². The number of hydrogen-bond donors (Lipinski definition) is 1. The van der Waals surface area contributed by atoms with E-state index in [-0.39, 0.29) is 17.9 Å². The van der Waals surface area contributed by atoms with Gasteiger partial charge in [0.15, 0.2) is 0 Å². The Morgan fingerprint density at radius 1 is 1.27 bits per heavy atom. The summed E-state index contributed by atoms with van der Waals surface area (Å²) < 4.78 is 5.20. The van der Waals surface area contributed by atoms with Crippen molar-refractivity contribution in [2.24, 2.45) is 5.73 Å². The molecule has 1 aromatic heterocycles. The number of thiophene rings is 1. The normalized spacial score (nSPS) is 21.6. The molecule has 0 saturated carbocycles. The van der Waals surface area contributed by atoms with Gasteiger partial charge >= 0.3 is 0 Å². The van der Waals surface area contributed by atoms with E-state index in [1.807, 2.05) is 34.5 Å². The number of amides is 1. The molecule has 0 radical (unpaired) electrons. The first-order valence-electron chi connectivity index (χ1n) is 7.39. The number of rotatable bonds is 3. The van der Waals surface area contributed by atoms with Crippen molar-refractivity contribution in [3.63, 3.8) is 0 Å². The van der Waals surface area contributed by atoms with Crippen molar-refractivity contribution in [2.45, 2.75) is 18.4 Å². The highest BCUT2D eigenvalue weighted by molar-refractivity contribution is 7.12. The molecule has 22 heavy (non-hydrogen) atoms. The largest absolute Gasteiger partial charge is 0.497 e. The van der Waals surface area contributed by atoms with Crippen LogP contribution in [0.25, 0.3) is 0 Å². The topological polar surface area (TPSA) is 55.6 Å². The number of benzene rings is 1. The van der Waals surface area contributed by atoms with Gasteiger partial charge in [-0.2, -0.15) is 0 Å². The molecule has 2 heterocycles. The van der Waals surface area contributed by atoms with E-state index in [9.17, 15) is 4.79 Å². The molecule has 1 amide bonds. The van der Waals surface area contributed by atoms with Crippen LogP contribution in [-0.2, 0) is 0 Å². The molecule has 5 heteroatoms. The van der Waals surface area contributed by atoms with Gasteiger partial charge in [0.1, 0.15) is 5.75 Å². The van der Waals surface area contributed by atoms with Gasteiger partial charge in [0.05, 0.1) is 12.0 Å². The molecule has 2 atom stereocenters. The first-order chi connectivity index (χ1) is 10.7. The summed E-state index contributed by atoms with van der Waals surface area (Å²) in [6.07, 6.45) is 0.903. The van der Waals surface area contributed by atoms with E-state index in [4.69, 9.17) is 10.5 Å². The predicted molar refractivity (Wildman–Crippen MR) is 88.5 cm³/mol. The molecule has 1 fully saturated rings. The quantitative estimate of drug-likeness (QED) is 0.947. The van der Waals surface area contributed by atoms with E-state index in [1.54, 1.807) is 7.11 Å². The SMILES string of the molecule is COc1ccc(C2CC(N)CN(C(=O)c3cccs3)C2)cc1. The van der Waals surface area contributed by atoms with Gasteiger partial charge in [-0.15, -0.1) is 11.3 Å². The molecule has 2 unspecified atom stereocenters. The summed E-state index contributed by atoms with van der Waals surface area (Å²) in [4.78, 5) is 15.2. The van der Waals surface area contributed by atoms with Crippen molar-refractivity contribution in [3.8, 4) is 5.75 Å². The summed E-state index contributed by atoms with van der Waals surface area (Å²) >= 11 is 1.48. The van der Waals surface area contributed by atoms with Crippen molar-refractivity contribution in [1.29, 1.82) is 0 Å². The van der Waals surface area contributed by atoms with E-state index in [0.29, 0.717) is 6.54 Å². The van der Waals surface area contributed by atoms with Crippen LogP contribution in [0.3, 0.4) is 0 Å². The number of nitrogens with zero attached hydrogens (tertiary/aromatic N) is 1. The first-order valence-corrected chi connectivity index (χ1v) is 8.27.